The number of fused-ring (bicyclic) bond motifs is 3. The number of aromatic nitrogens is 2. The Hall–Kier alpha value is -4.77. The molecule has 0 spiro atoms. The van der Waals surface area contributed by atoms with E-state index >= 15 is 0 Å². The molecule has 0 radical (unpaired) electrons. The Balaban J connectivity index is 1.63. The van der Waals surface area contributed by atoms with Gasteiger partial charge in [-0.25, -0.2) is 0 Å². The van der Waals surface area contributed by atoms with E-state index < -0.39 is 0 Å². The molecule has 34 heavy (non-hydrogen) atoms. The van der Waals surface area contributed by atoms with Gasteiger partial charge in [-0.05, 0) is 41.5 Å². The van der Waals surface area contributed by atoms with Crippen molar-refractivity contribution in [3.63, 3.8) is 0 Å². The summed E-state index contributed by atoms with van der Waals surface area (Å²) >= 11 is 0. The fourth-order valence-corrected chi connectivity index (χ4v) is 4.59. The van der Waals surface area contributed by atoms with Crippen LogP contribution in [0, 0.1) is 10.1 Å². The highest BCUT2D eigenvalue weighted by molar-refractivity contribution is 6.08. The SMILES string of the molecule is O=[N+]([O-])c1ccccc1-c1cnc2c3ccccc3n(-c3cccc(-c4ccccc4)c3)c2c1. The maximum Gasteiger partial charge on any atom is 0.277 e. The highest BCUT2D eigenvalue weighted by Gasteiger charge is 2.18. The Morgan fingerprint density at radius 2 is 1.41 bits per heavy atom. The number of hydrogen-bond acceptors (Lipinski definition) is 3. The Morgan fingerprint density at radius 3 is 2.26 bits per heavy atom. The molecule has 0 saturated heterocycles. The summed E-state index contributed by atoms with van der Waals surface area (Å²) in [5.74, 6) is 0. The summed E-state index contributed by atoms with van der Waals surface area (Å²) < 4.78 is 2.18. The molecule has 4 aromatic carbocycles. The summed E-state index contributed by atoms with van der Waals surface area (Å²) in [6.45, 7) is 0. The number of pyridine rings is 1. The maximum atomic E-state index is 11.6. The smallest absolute Gasteiger partial charge is 0.277 e. The second-order valence-electron chi connectivity index (χ2n) is 8.13. The molecule has 6 aromatic rings. The van der Waals surface area contributed by atoms with Gasteiger partial charge in [-0.15, -0.1) is 0 Å². The molecule has 0 N–H and O–H groups in total. The fourth-order valence-electron chi connectivity index (χ4n) is 4.59. The van der Waals surface area contributed by atoms with Gasteiger partial charge in [0, 0.05) is 28.9 Å². The second-order valence-corrected chi connectivity index (χ2v) is 8.13. The van der Waals surface area contributed by atoms with E-state index in [1.807, 2.05) is 42.5 Å². The lowest BCUT2D eigenvalue weighted by atomic mass is 10.0. The number of nitro groups is 1. The minimum absolute atomic E-state index is 0.0670. The third-order valence-corrected chi connectivity index (χ3v) is 6.13. The van der Waals surface area contributed by atoms with E-state index in [0.717, 1.165) is 38.8 Å². The molecule has 0 atom stereocenters. The summed E-state index contributed by atoms with van der Waals surface area (Å²) in [4.78, 5) is 16.1. The molecule has 5 nitrogen and oxygen atoms in total. The summed E-state index contributed by atoms with van der Waals surface area (Å²) in [6.07, 6.45) is 1.72. The van der Waals surface area contributed by atoms with Crippen LogP contribution in [-0.2, 0) is 0 Å². The van der Waals surface area contributed by atoms with E-state index in [4.69, 9.17) is 4.98 Å². The second kappa shape index (κ2) is 7.98. The zero-order valence-electron chi connectivity index (χ0n) is 18.1. The predicted octanol–water partition coefficient (Wildman–Crippen LogP) is 7.42. The van der Waals surface area contributed by atoms with Gasteiger partial charge in [-0.3, -0.25) is 15.1 Å². The molecule has 0 amide bonds. The zero-order chi connectivity index (χ0) is 23.1. The Labute approximate surface area is 195 Å². The first-order valence-electron chi connectivity index (χ1n) is 11.0. The van der Waals surface area contributed by atoms with Crippen LogP contribution in [-0.4, -0.2) is 14.5 Å². The average Bonchev–Trinajstić information content (AvgIpc) is 3.23. The van der Waals surface area contributed by atoms with Crippen molar-refractivity contribution in [2.75, 3.05) is 0 Å². The molecule has 0 aliphatic heterocycles. The monoisotopic (exact) mass is 441 g/mol. The largest absolute Gasteiger partial charge is 0.308 e. The van der Waals surface area contributed by atoms with Crippen molar-refractivity contribution in [1.82, 2.24) is 9.55 Å². The van der Waals surface area contributed by atoms with E-state index in [9.17, 15) is 10.1 Å². The van der Waals surface area contributed by atoms with Crippen molar-refractivity contribution in [1.29, 1.82) is 0 Å². The molecule has 0 unspecified atom stereocenters. The molecule has 5 heteroatoms. The highest BCUT2D eigenvalue weighted by atomic mass is 16.6. The van der Waals surface area contributed by atoms with Crippen molar-refractivity contribution in [3.8, 4) is 27.9 Å². The van der Waals surface area contributed by atoms with E-state index in [1.165, 1.54) is 6.07 Å². The third-order valence-electron chi connectivity index (χ3n) is 6.13. The summed E-state index contributed by atoms with van der Waals surface area (Å²) in [5, 5.41) is 12.7. The standard InChI is InChI=1S/C29H19N3O2/c33-32(34)27-16-7-4-13-24(27)22-18-28-29(30-19-22)25-14-5-6-15-26(25)31(28)23-12-8-11-21(17-23)20-9-2-1-3-10-20/h1-19H. The number of nitrogens with zero attached hydrogens (tertiary/aromatic N) is 3. The molecule has 0 saturated carbocycles. The molecule has 0 bridgehead atoms. The van der Waals surface area contributed by atoms with E-state index in [1.54, 1.807) is 18.3 Å². The van der Waals surface area contributed by atoms with Crippen LogP contribution >= 0.6 is 0 Å². The number of hydrogen-bond donors (Lipinski definition) is 0. The zero-order valence-corrected chi connectivity index (χ0v) is 18.1. The lowest BCUT2D eigenvalue weighted by molar-refractivity contribution is -0.384. The lowest BCUT2D eigenvalue weighted by Crippen LogP contribution is -1.96. The molecule has 2 aromatic heterocycles. The maximum absolute atomic E-state index is 11.6. The van der Waals surface area contributed by atoms with Crippen molar-refractivity contribution in [2.24, 2.45) is 0 Å². The van der Waals surface area contributed by atoms with Crippen LogP contribution < -0.4 is 0 Å². The van der Waals surface area contributed by atoms with Gasteiger partial charge in [0.15, 0.2) is 0 Å². The van der Waals surface area contributed by atoms with Crippen molar-refractivity contribution >= 4 is 27.6 Å². The molecular weight excluding hydrogens is 422 g/mol. The Bertz CT molecular complexity index is 1690. The van der Waals surface area contributed by atoms with Gasteiger partial charge >= 0.3 is 0 Å². The quantitative estimate of drug-likeness (QED) is 0.211. The van der Waals surface area contributed by atoms with Crippen molar-refractivity contribution in [2.45, 2.75) is 0 Å². The van der Waals surface area contributed by atoms with Gasteiger partial charge in [0.05, 0.1) is 27.0 Å². The van der Waals surface area contributed by atoms with Crippen LogP contribution in [0.25, 0.3) is 49.9 Å². The molecule has 0 aliphatic carbocycles. The molecule has 162 valence electrons. The predicted molar refractivity (Wildman–Crippen MR) is 136 cm³/mol. The first kappa shape index (κ1) is 19.9. The first-order chi connectivity index (χ1) is 16.7. The van der Waals surface area contributed by atoms with Crippen LogP contribution in [0.15, 0.2) is 115 Å². The molecule has 6 rings (SSSR count). The summed E-state index contributed by atoms with van der Waals surface area (Å²) in [5.41, 5.74) is 7.40. The van der Waals surface area contributed by atoms with Gasteiger partial charge < -0.3 is 4.57 Å². The van der Waals surface area contributed by atoms with Gasteiger partial charge in [-0.2, -0.15) is 0 Å². The van der Waals surface area contributed by atoms with Crippen LogP contribution in [0.3, 0.4) is 0 Å². The van der Waals surface area contributed by atoms with Gasteiger partial charge in [0.1, 0.15) is 0 Å². The molecule has 2 heterocycles. The molecule has 0 fully saturated rings. The number of nitro benzene ring substituents is 1. The lowest BCUT2D eigenvalue weighted by Gasteiger charge is -2.11. The van der Waals surface area contributed by atoms with Crippen LogP contribution in [0.4, 0.5) is 5.69 Å². The minimum atomic E-state index is -0.349. The van der Waals surface area contributed by atoms with Crippen molar-refractivity contribution in [3.05, 3.63) is 126 Å². The molecular formula is C29H19N3O2. The van der Waals surface area contributed by atoms with Crippen LogP contribution in [0.2, 0.25) is 0 Å². The van der Waals surface area contributed by atoms with E-state index in [-0.39, 0.29) is 10.6 Å². The summed E-state index contributed by atoms with van der Waals surface area (Å²) in [6, 6.07) is 35.6. The van der Waals surface area contributed by atoms with E-state index in [2.05, 4.69) is 53.1 Å². The Kier molecular flexibility index (Phi) is 4.66. The number of para-hydroxylation sites is 2. The minimum Gasteiger partial charge on any atom is -0.308 e. The normalized spacial score (nSPS) is 11.2. The van der Waals surface area contributed by atoms with Gasteiger partial charge in [0.25, 0.3) is 5.69 Å². The highest BCUT2D eigenvalue weighted by Crippen LogP contribution is 2.36. The van der Waals surface area contributed by atoms with Crippen LogP contribution in [0.5, 0.6) is 0 Å². The third kappa shape index (κ3) is 3.22. The topological polar surface area (TPSA) is 61.0 Å². The van der Waals surface area contributed by atoms with Gasteiger partial charge in [0.2, 0.25) is 0 Å². The number of rotatable bonds is 4. The fraction of sp³-hybridized carbons (Fsp3) is 0. The first-order valence-corrected chi connectivity index (χ1v) is 11.0. The summed E-state index contributed by atoms with van der Waals surface area (Å²) in [7, 11) is 0. The van der Waals surface area contributed by atoms with Crippen LogP contribution in [0.1, 0.15) is 0 Å². The Morgan fingerprint density at radius 1 is 0.676 bits per heavy atom. The number of benzene rings is 4. The van der Waals surface area contributed by atoms with Gasteiger partial charge in [-0.1, -0.05) is 72.8 Å². The average molecular weight is 441 g/mol. The van der Waals surface area contributed by atoms with E-state index in [0.29, 0.717) is 11.1 Å². The molecule has 0 aliphatic rings. The van der Waals surface area contributed by atoms with Crippen molar-refractivity contribution < 1.29 is 4.92 Å².